The Bertz CT molecular complexity index is 1070. The minimum atomic E-state index is -2.20. The van der Waals surface area contributed by atoms with Crippen molar-refractivity contribution in [2.24, 2.45) is 11.8 Å². The zero-order chi connectivity index (χ0) is 30.8. The van der Waals surface area contributed by atoms with Crippen molar-refractivity contribution < 1.29 is 32.3 Å². The summed E-state index contributed by atoms with van der Waals surface area (Å²) in [4.78, 5) is 17.8. The lowest BCUT2D eigenvalue weighted by molar-refractivity contribution is -0.375. The van der Waals surface area contributed by atoms with Gasteiger partial charge in [0.25, 0.3) is 0 Å². The second kappa shape index (κ2) is 14.0. The number of thioether (sulfide) groups is 1. The summed E-state index contributed by atoms with van der Waals surface area (Å²) < 4.78 is 40.8. The molecule has 43 heavy (non-hydrogen) atoms. The number of rotatable bonds is 10. The van der Waals surface area contributed by atoms with Gasteiger partial charge in [-0.15, -0.1) is 0 Å². The van der Waals surface area contributed by atoms with Gasteiger partial charge in [-0.05, 0) is 66.0 Å². The van der Waals surface area contributed by atoms with E-state index in [2.05, 4.69) is 53.5 Å². The topological polar surface area (TPSA) is 85.3 Å². The molecule has 4 aliphatic heterocycles. The van der Waals surface area contributed by atoms with Gasteiger partial charge in [-0.2, -0.15) is 0 Å². The zero-order valence-corrected chi connectivity index (χ0v) is 30.0. The number of carbonyl (C=O) groups excluding carboxylic acids is 1. The van der Waals surface area contributed by atoms with Gasteiger partial charge in [-0.1, -0.05) is 54.5 Å². The molecule has 0 aromatic carbocycles. The van der Waals surface area contributed by atoms with Gasteiger partial charge >= 0.3 is 8.56 Å². The van der Waals surface area contributed by atoms with Gasteiger partial charge in [0, 0.05) is 31.9 Å². The van der Waals surface area contributed by atoms with Crippen molar-refractivity contribution in [2.75, 3.05) is 6.61 Å². The Kier molecular flexibility index (Phi) is 11.0. The molecular formula is C32H53NO7SSi2. The number of carbonyl (C=O) groups is 1. The second-order valence-corrected chi connectivity index (χ2v) is 22.8. The van der Waals surface area contributed by atoms with Crippen LogP contribution in [0.1, 0.15) is 74.1 Å². The summed E-state index contributed by atoms with van der Waals surface area (Å²) in [5.74, 6) is -0.357. The lowest BCUT2D eigenvalue weighted by atomic mass is 9.78. The Morgan fingerprint density at radius 3 is 2.40 bits per heavy atom. The van der Waals surface area contributed by atoms with E-state index >= 15 is 0 Å². The van der Waals surface area contributed by atoms with Crippen molar-refractivity contribution in [1.29, 1.82) is 0 Å². The van der Waals surface area contributed by atoms with Crippen molar-refractivity contribution >= 4 is 33.8 Å². The van der Waals surface area contributed by atoms with Crippen molar-refractivity contribution in [2.45, 2.75) is 152 Å². The van der Waals surface area contributed by atoms with Crippen LogP contribution < -0.4 is 0 Å². The third-order valence-electron chi connectivity index (χ3n) is 10.6. The predicted molar refractivity (Wildman–Crippen MR) is 173 cm³/mol. The molecule has 4 saturated heterocycles. The Hall–Kier alpha value is -0.636. The molecule has 5 heterocycles. The van der Waals surface area contributed by atoms with Crippen LogP contribution in [0.5, 0.6) is 0 Å². The largest absolute Gasteiger partial charge is 0.411 e. The third kappa shape index (κ3) is 7.20. The van der Waals surface area contributed by atoms with Crippen molar-refractivity contribution in [3.63, 3.8) is 0 Å². The molecule has 1 aromatic rings. The molecule has 0 bridgehead atoms. The molecule has 8 nitrogen and oxygen atoms in total. The van der Waals surface area contributed by atoms with Crippen molar-refractivity contribution in [3.05, 3.63) is 24.4 Å². The maximum atomic E-state index is 13.5. The number of hydrogen-bond acceptors (Lipinski definition) is 9. The monoisotopic (exact) mass is 651 g/mol. The fraction of sp³-hybridized carbons (Fsp3) is 0.812. The van der Waals surface area contributed by atoms with Crippen LogP contribution in [0.25, 0.3) is 0 Å². The Labute approximate surface area is 265 Å². The van der Waals surface area contributed by atoms with Gasteiger partial charge in [-0.3, -0.25) is 4.79 Å². The summed E-state index contributed by atoms with van der Waals surface area (Å²) in [7, 11) is -4.15. The summed E-state index contributed by atoms with van der Waals surface area (Å²) in [6.07, 6.45) is 3.49. The molecule has 5 rings (SSSR count). The molecular weight excluding hydrogens is 599 g/mol. The van der Waals surface area contributed by atoms with Crippen LogP contribution in [0.4, 0.5) is 0 Å². The summed E-state index contributed by atoms with van der Waals surface area (Å²) >= 11 is 1.19. The SMILES string of the molecule is CC[Si](CC)(CC)O[C@@H]1[C@H](CC(=O)Sc2ccccn2)O[C@]2(C[C@H](C)[C@@H]3O[C@@H]4CO[Si](CC)(CC)O[C@@H]4C[C@@H]3O2)C[C@@H]1C. The Morgan fingerprint density at radius 2 is 1.74 bits per heavy atom. The van der Waals surface area contributed by atoms with E-state index in [1.165, 1.54) is 11.8 Å². The van der Waals surface area contributed by atoms with Gasteiger partial charge in [0.1, 0.15) is 11.1 Å². The molecule has 1 aromatic heterocycles. The lowest BCUT2D eigenvalue weighted by Crippen LogP contribution is -2.66. The van der Waals surface area contributed by atoms with E-state index in [0.29, 0.717) is 11.6 Å². The van der Waals surface area contributed by atoms with E-state index < -0.39 is 22.7 Å². The van der Waals surface area contributed by atoms with Crippen molar-refractivity contribution in [1.82, 2.24) is 4.98 Å². The Morgan fingerprint density at radius 1 is 1.02 bits per heavy atom. The number of pyridine rings is 1. The normalized spacial score (nSPS) is 37.5. The second-order valence-electron chi connectivity index (χ2n) is 13.2. The van der Waals surface area contributed by atoms with Crippen LogP contribution in [-0.2, 0) is 32.3 Å². The molecule has 4 fully saturated rings. The summed E-state index contributed by atoms with van der Waals surface area (Å²) in [6.45, 7) is 16.2. The summed E-state index contributed by atoms with van der Waals surface area (Å²) in [5.41, 5.74) is 0. The standard InChI is InChI=1S/C32H53NO7SSi2/c1-8-42(9-2,10-3)40-31-23(7)20-32(38-26(31)18-29(34)41-28-15-13-14-16-33-28)19-22(6)30-25(37-32)17-24-27(36-30)21-35-43(11-4,12-5)39-24/h13-16,22-27,30-31H,8-12,17-21H2,1-7H3/t22-,23-,24+,25-,26-,27+,30-,31-,32+/m0/s1. The van der Waals surface area contributed by atoms with E-state index in [-0.39, 0.29) is 60.0 Å². The average Bonchev–Trinajstić information content (AvgIpc) is 3.00. The molecule has 1 spiro atoms. The highest BCUT2D eigenvalue weighted by atomic mass is 32.2. The molecule has 0 unspecified atom stereocenters. The quantitative estimate of drug-likeness (QED) is 0.195. The maximum absolute atomic E-state index is 13.5. The number of nitrogens with zero attached hydrogens (tertiary/aromatic N) is 1. The molecule has 4 aliphatic rings. The number of ether oxygens (including phenoxy) is 3. The van der Waals surface area contributed by atoms with Crippen molar-refractivity contribution in [3.8, 4) is 0 Å². The van der Waals surface area contributed by atoms with E-state index in [0.717, 1.165) is 49.5 Å². The summed E-state index contributed by atoms with van der Waals surface area (Å²) in [5, 5.41) is 0.748. The fourth-order valence-electron chi connectivity index (χ4n) is 7.81. The molecule has 9 atom stereocenters. The Balaban J connectivity index is 1.37. The van der Waals surface area contributed by atoms with E-state index in [1.807, 2.05) is 18.2 Å². The van der Waals surface area contributed by atoms with Crippen LogP contribution >= 0.6 is 11.8 Å². The highest BCUT2D eigenvalue weighted by molar-refractivity contribution is 8.13. The van der Waals surface area contributed by atoms with Gasteiger partial charge in [0.05, 0.1) is 37.1 Å². The average molecular weight is 652 g/mol. The first-order chi connectivity index (χ1) is 20.6. The van der Waals surface area contributed by atoms with E-state index in [1.54, 1.807) is 6.20 Å². The molecule has 0 radical (unpaired) electrons. The van der Waals surface area contributed by atoms with Gasteiger partial charge < -0.3 is 27.5 Å². The maximum Gasteiger partial charge on any atom is 0.338 e. The minimum absolute atomic E-state index is 0.0153. The van der Waals surface area contributed by atoms with Crippen LogP contribution in [0.3, 0.4) is 0 Å². The lowest BCUT2D eigenvalue weighted by Gasteiger charge is -2.57. The first-order valence-electron chi connectivity index (χ1n) is 16.7. The fourth-order valence-corrected chi connectivity index (χ4v) is 14.1. The third-order valence-corrected chi connectivity index (χ3v) is 19.6. The number of hydrogen-bond donors (Lipinski definition) is 0. The molecule has 0 aliphatic carbocycles. The van der Waals surface area contributed by atoms with Crippen LogP contribution in [0, 0.1) is 11.8 Å². The van der Waals surface area contributed by atoms with Crippen LogP contribution in [-0.4, -0.2) is 76.0 Å². The van der Waals surface area contributed by atoms with Gasteiger partial charge in [0.15, 0.2) is 19.2 Å². The predicted octanol–water partition coefficient (Wildman–Crippen LogP) is 7.08. The highest BCUT2D eigenvalue weighted by Crippen LogP contribution is 2.49. The van der Waals surface area contributed by atoms with E-state index in [9.17, 15) is 4.79 Å². The van der Waals surface area contributed by atoms with Crippen LogP contribution in [0.15, 0.2) is 29.4 Å². The highest BCUT2D eigenvalue weighted by Gasteiger charge is 2.58. The number of fused-ring (bicyclic) bond motifs is 2. The zero-order valence-electron chi connectivity index (χ0n) is 27.2. The minimum Gasteiger partial charge on any atom is -0.411 e. The van der Waals surface area contributed by atoms with Gasteiger partial charge in [-0.25, -0.2) is 4.98 Å². The van der Waals surface area contributed by atoms with Gasteiger partial charge in [0.2, 0.25) is 0 Å². The molecule has 11 heteroatoms. The van der Waals surface area contributed by atoms with E-state index in [4.69, 9.17) is 27.5 Å². The molecule has 0 amide bonds. The first-order valence-corrected chi connectivity index (χ1v) is 22.3. The molecule has 0 N–H and O–H groups in total. The number of aromatic nitrogens is 1. The molecule has 0 saturated carbocycles. The van der Waals surface area contributed by atoms with Crippen LogP contribution in [0.2, 0.25) is 30.2 Å². The molecule has 242 valence electrons. The summed E-state index contributed by atoms with van der Waals surface area (Å²) in [6, 6.07) is 10.7. The first kappa shape index (κ1) is 33.7. The smallest absolute Gasteiger partial charge is 0.338 e.